The lowest BCUT2D eigenvalue weighted by Crippen LogP contribution is -2.47. The van der Waals surface area contributed by atoms with Crippen LogP contribution in [0, 0.1) is 6.92 Å². The van der Waals surface area contributed by atoms with Crippen LogP contribution in [0.2, 0.25) is 0 Å². The molecule has 2 fully saturated rings. The summed E-state index contributed by atoms with van der Waals surface area (Å²) in [6.45, 7) is 5.30. The average molecular weight is 262 g/mol. The van der Waals surface area contributed by atoms with Gasteiger partial charge in [0.15, 0.2) is 0 Å². The van der Waals surface area contributed by atoms with Crippen LogP contribution in [0.25, 0.3) is 0 Å². The van der Waals surface area contributed by atoms with Gasteiger partial charge in [-0.15, -0.1) is 0 Å². The van der Waals surface area contributed by atoms with E-state index in [9.17, 15) is 0 Å². The first-order valence-corrected chi connectivity index (χ1v) is 7.13. The predicted molar refractivity (Wildman–Crippen MR) is 73.0 cm³/mol. The Balaban J connectivity index is 1.55. The van der Waals surface area contributed by atoms with Crippen molar-refractivity contribution in [1.82, 2.24) is 10.3 Å². The van der Waals surface area contributed by atoms with Crippen LogP contribution < -0.4 is 5.32 Å². The minimum Gasteiger partial charge on any atom is -0.378 e. The van der Waals surface area contributed by atoms with Crippen LogP contribution in [0.1, 0.15) is 30.7 Å². The van der Waals surface area contributed by atoms with E-state index in [1.54, 1.807) is 0 Å². The fourth-order valence-corrected chi connectivity index (χ4v) is 3.01. The summed E-state index contributed by atoms with van der Waals surface area (Å²) < 4.78 is 11.4. The molecule has 1 aromatic rings. The molecule has 0 saturated carbocycles. The third-order valence-electron chi connectivity index (χ3n) is 4.08. The lowest BCUT2D eigenvalue weighted by molar-refractivity contribution is -0.0895. The molecule has 3 heterocycles. The third-order valence-corrected chi connectivity index (χ3v) is 4.08. The summed E-state index contributed by atoms with van der Waals surface area (Å²) in [6.07, 6.45) is 3.17. The fraction of sp³-hybridized carbons (Fsp3) is 0.667. The van der Waals surface area contributed by atoms with Gasteiger partial charge in [-0.05, 0) is 31.9 Å². The largest absolute Gasteiger partial charge is 0.378 e. The van der Waals surface area contributed by atoms with Crippen molar-refractivity contribution in [1.29, 1.82) is 0 Å². The van der Waals surface area contributed by atoms with Crippen molar-refractivity contribution in [2.75, 3.05) is 19.8 Å². The van der Waals surface area contributed by atoms with Gasteiger partial charge in [0.1, 0.15) is 0 Å². The molecule has 2 atom stereocenters. The summed E-state index contributed by atoms with van der Waals surface area (Å²) >= 11 is 0. The lowest BCUT2D eigenvalue weighted by Gasteiger charge is -2.37. The molecule has 3 rings (SSSR count). The number of aromatic nitrogens is 1. The van der Waals surface area contributed by atoms with Crippen molar-refractivity contribution < 1.29 is 9.47 Å². The van der Waals surface area contributed by atoms with Crippen LogP contribution in [0.15, 0.2) is 18.2 Å². The molecule has 0 aromatic carbocycles. The van der Waals surface area contributed by atoms with Crippen LogP contribution in [0.5, 0.6) is 0 Å². The van der Waals surface area contributed by atoms with E-state index >= 15 is 0 Å². The zero-order chi connectivity index (χ0) is 13.1. The van der Waals surface area contributed by atoms with E-state index in [2.05, 4.69) is 22.4 Å². The molecule has 1 N–H and O–H groups in total. The maximum atomic E-state index is 5.95. The Morgan fingerprint density at radius 2 is 2.37 bits per heavy atom. The Kier molecular flexibility index (Phi) is 3.82. The molecule has 4 heteroatoms. The highest BCUT2D eigenvalue weighted by Crippen LogP contribution is 2.32. The second kappa shape index (κ2) is 5.57. The van der Waals surface area contributed by atoms with Crippen LogP contribution in [0.4, 0.5) is 0 Å². The zero-order valence-corrected chi connectivity index (χ0v) is 11.5. The van der Waals surface area contributed by atoms with Crippen LogP contribution in [-0.2, 0) is 16.0 Å². The van der Waals surface area contributed by atoms with Gasteiger partial charge in [0, 0.05) is 37.9 Å². The Hall–Kier alpha value is -0.970. The van der Waals surface area contributed by atoms with Crippen molar-refractivity contribution in [3.05, 3.63) is 29.6 Å². The molecule has 1 aromatic heterocycles. The van der Waals surface area contributed by atoms with Gasteiger partial charge in [0.2, 0.25) is 0 Å². The van der Waals surface area contributed by atoms with Crippen molar-refractivity contribution >= 4 is 0 Å². The van der Waals surface area contributed by atoms with Gasteiger partial charge in [0.25, 0.3) is 0 Å². The Morgan fingerprint density at radius 1 is 1.42 bits per heavy atom. The Bertz CT molecular complexity index is 430. The highest BCUT2D eigenvalue weighted by Gasteiger charge is 2.40. The maximum absolute atomic E-state index is 5.95. The molecule has 0 bridgehead atoms. The first-order chi connectivity index (χ1) is 9.26. The summed E-state index contributed by atoms with van der Waals surface area (Å²) in [7, 11) is 0. The van der Waals surface area contributed by atoms with Gasteiger partial charge in [-0.3, -0.25) is 4.98 Å². The summed E-state index contributed by atoms with van der Waals surface area (Å²) in [4.78, 5) is 4.53. The average Bonchev–Trinajstić information content (AvgIpc) is 2.85. The van der Waals surface area contributed by atoms with Gasteiger partial charge < -0.3 is 14.8 Å². The molecule has 2 aliphatic rings. The number of nitrogens with one attached hydrogen (secondary N) is 1. The molecule has 0 amide bonds. The zero-order valence-electron chi connectivity index (χ0n) is 11.5. The van der Waals surface area contributed by atoms with Gasteiger partial charge in [-0.2, -0.15) is 0 Å². The number of ether oxygens (including phenoxy) is 2. The van der Waals surface area contributed by atoms with Crippen LogP contribution in [-0.4, -0.2) is 36.4 Å². The minimum atomic E-state index is -0.0179. The number of hydrogen-bond donors (Lipinski definition) is 1. The van der Waals surface area contributed by atoms with Gasteiger partial charge in [-0.25, -0.2) is 0 Å². The van der Waals surface area contributed by atoms with E-state index in [0.29, 0.717) is 6.04 Å². The summed E-state index contributed by atoms with van der Waals surface area (Å²) in [5.74, 6) is 0. The van der Waals surface area contributed by atoms with Crippen molar-refractivity contribution in [3.63, 3.8) is 0 Å². The molecule has 0 aliphatic carbocycles. The molecule has 104 valence electrons. The lowest BCUT2D eigenvalue weighted by atomic mass is 9.89. The number of nitrogens with zero attached hydrogens (tertiary/aromatic N) is 1. The quantitative estimate of drug-likeness (QED) is 0.902. The first-order valence-electron chi connectivity index (χ1n) is 7.13. The molecular formula is C15H22N2O2. The highest BCUT2D eigenvalue weighted by molar-refractivity contribution is 5.09. The van der Waals surface area contributed by atoms with E-state index in [1.807, 2.05) is 13.0 Å². The van der Waals surface area contributed by atoms with Gasteiger partial charge >= 0.3 is 0 Å². The summed E-state index contributed by atoms with van der Waals surface area (Å²) in [5.41, 5.74) is 2.17. The Morgan fingerprint density at radius 3 is 3.16 bits per heavy atom. The molecule has 0 radical (unpaired) electrons. The summed E-state index contributed by atoms with van der Waals surface area (Å²) in [5, 5.41) is 3.62. The van der Waals surface area contributed by atoms with Crippen LogP contribution in [0.3, 0.4) is 0 Å². The normalized spacial score (nSPS) is 30.9. The van der Waals surface area contributed by atoms with Crippen molar-refractivity contribution in [3.8, 4) is 0 Å². The summed E-state index contributed by atoms with van der Waals surface area (Å²) in [6, 6.07) is 6.68. The fourth-order valence-electron chi connectivity index (χ4n) is 3.01. The van der Waals surface area contributed by atoms with Crippen LogP contribution >= 0.6 is 0 Å². The van der Waals surface area contributed by atoms with Gasteiger partial charge in [0.05, 0.1) is 17.9 Å². The Labute approximate surface area is 114 Å². The third kappa shape index (κ3) is 3.14. The number of aryl methyl sites for hydroxylation is 1. The standard InChI is InChI=1S/C15H22N2O2/c1-12-3-2-4-14(17-12)10-16-13-5-7-19-15(9-13)6-8-18-11-15/h2-4,13,16H,5-11H2,1H3. The SMILES string of the molecule is Cc1cccc(CNC2CCOC3(CCOC3)C2)n1. The second-order valence-corrected chi connectivity index (χ2v) is 5.67. The molecule has 4 nitrogen and oxygen atoms in total. The smallest absolute Gasteiger partial charge is 0.0951 e. The van der Waals surface area contributed by atoms with E-state index in [4.69, 9.17) is 9.47 Å². The number of hydrogen-bond acceptors (Lipinski definition) is 4. The van der Waals surface area contributed by atoms with Gasteiger partial charge in [-0.1, -0.05) is 6.07 Å². The molecule has 19 heavy (non-hydrogen) atoms. The minimum absolute atomic E-state index is 0.0179. The second-order valence-electron chi connectivity index (χ2n) is 5.67. The molecular weight excluding hydrogens is 240 g/mol. The van der Waals surface area contributed by atoms with Crippen molar-refractivity contribution in [2.45, 2.75) is 44.4 Å². The maximum Gasteiger partial charge on any atom is 0.0951 e. The van der Waals surface area contributed by atoms with E-state index in [1.165, 1.54) is 0 Å². The predicted octanol–water partition coefficient (Wildman–Crippen LogP) is 1.82. The highest BCUT2D eigenvalue weighted by atomic mass is 16.6. The number of rotatable bonds is 3. The molecule has 2 aliphatic heterocycles. The topological polar surface area (TPSA) is 43.4 Å². The first kappa shape index (κ1) is 13.0. The van der Waals surface area contributed by atoms with E-state index in [0.717, 1.165) is 57.0 Å². The van der Waals surface area contributed by atoms with E-state index in [-0.39, 0.29) is 5.60 Å². The molecule has 1 spiro atoms. The van der Waals surface area contributed by atoms with Crippen molar-refractivity contribution in [2.24, 2.45) is 0 Å². The monoisotopic (exact) mass is 262 g/mol. The molecule has 2 unspecified atom stereocenters. The van der Waals surface area contributed by atoms with E-state index < -0.39 is 0 Å². The number of pyridine rings is 1. The molecule has 2 saturated heterocycles.